The van der Waals surface area contributed by atoms with Crippen molar-refractivity contribution in [1.29, 1.82) is 0 Å². The number of hydrogen-bond acceptors (Lipinski definition) is 4. The van der Waals surface area contributed by atoms with E-state index in [1.54, 1.807) is 11.3 Å². The molecule has 1 aromatic heterocycles. The van der Waals surface area contributed by atoms with Crippen LogP contribution in [0.3, 0.4) is 0 Å². The van der Waals surface area contributed by atoms with E-state index in [0.29, 0.717) is 5.92 Å². The van der Waals surface area contributed by atoms with Crippen molar-refractivity contribution in [2.24, 2.45) is 0 Å². The summed E-state index contributed by atoms with van der Waals surface area (Å²) in [5.74, 6) is -0.546. The van der Waals surface area contributed by atoms with Crippen LogP contribution in [-0.4, -0.2) is 22.2 Å². The minimum absolute atomic E-state index is 0.261. The first-order chi connectivity index (χ1) is 7.00. The molecule has 15 heavy (non-hydrogen) atoms. The Morgan fingerprint density at radius 2 is 2.27 bits per heavy atom. The first-order valence-electron chi connectivity index (χ1n) is 4.79. The second-order valence-corrected chi connectivity index (χ2v) is 4.51. The molecule has 0 saturated heterocycles. The van der Waals surface area contributed by atoms with E-state index in [2.05, 4.69) is 18.8 Å². The van der Waals surface area contributed by atoms with Gasteiger partial charge in [0.15, 0.2) is 6.10 Å². The third kappa shape index (κ3) is 3.60. The number of rotatable bonds is 5. The Bertz CT molecular complexity index is 335. The zero-order valence-corrected chi connectivity index (χ0v) is 9.87. The van der Waals surface area contributed by atoms with Gasteiger partial charge in [-0.25, -0.2) is 9.78 Å². The number of carboxylic acid groups (broad SMARTS) is 1. The largest absolute Gasteiger partial charge is 0.479 e. The molecule has 1 rings (SSSR count). The van der Waals surface area contributed by atoms with Crippen LogP contribution in [0.1, 0.15) is 37.4 Å². The Morgan fingerprint density at radius 3 is 2.73 bits per heavy atom. The van der Waals surface area contributed by atoms with E-state index in [-0.39, 0.29) is 6.61 Å². The van der Waals surface area contributed by atoms with Crippen LogP contribution < -0.4 is 0 Å². The van der Waals surface area contributed by atoms with Crippen molar-refractivity contribution < 1.29 is 14.6 Å². The summed E-state index contributed by atoms with van der Waals surface area (Å²) in [5.41, 5.74) is 0.803. The number of ether oxygens (including phenoxy) is 1. The van der Waals surface area contributed by atoms with E-state index in [0.717, 1.165) is 10.7 Å². The topological polar surface area (TPSA) is 59.4 Å². The van der Waals surface area contributed by atoms with E-state index in [1.807, 2.05) is 5.38 Å². The van der Waals surface area contributed by atoms with Crippen LogP contribution in [0.15, 0.2) is 5.38 Å². The van der Waals surface area contributed by atoms with Crippen LogP contribution in [0.25, 0.3) is 0 Å². The SMILES string of the molecule is CC(C)c1nc(CO[C@@H](C)C(=O)O)cs1. The van der Waals surface area contributed by atoms with Crippen molar-refractivity contribution in [1.82, 2.24) is 4.98 Å². The fourth-order valence-corrected chi connectivity index (χ4v) is 1.76. The number of aromatic nitrogens is 1. The van der Waals surface area contributed by atoms with E-state index in [9.17, 15) is 4.79 Å². The van der Waals surface area contributed by atoms with Crippen LogP contribution in [-0.2, 0) is 16.1 Å². The van der Waals surface area contributed by atoms with Gasteiger partial charge in [0.2, 0.25) is 0 Å². The van der Waals surface area contributed by atoms with E-state index >= 15 is 0 Å². The lowest BCUT2D eigenvalue weighted by Crippen LogP contribution is -2.19. The molecular formula is C10H15NO3S. The number of carboxylic acids is 1. The molecule has 0 fully saturated rings. The van der Waals surface area contributed by atoms with E-state index in [1.165, 1.54) is 6.92 Å². The molecule has 84 valence electrons. The second kappa shape index (κ2) is 5.23. The zero-order valence-electron chi connectivity index (χ0n) is 9.06. The molecule has 1 heterocycles. The minimum Gasteiger partial charge on any atom is -0.479 e. The van der Waals surface area contributed by atoms with Gasteiger partial charge in [0, 0.05) is 11.3 Å². The molecule has 1 N–H and O–H groups in total. The van der Waals surface area contributed by atoms with Gasteiger partial charge >= 0.3 is 5.97 Å². The summed E-state index contributed by atoms with van der Waals surface area (Å²) in [4.78, 5) is 14.8. The molecule has 5 heteroatoms. The van der Waals surface area contributed by atoms with E-state index in [4.69, 9.17) is 9.84 Å². The monoisotopic (exact) mass is 229 g/mol. The Labute approximate surface area is 92.9 Å². The highest BCUT2D eigenvalue weighted by atomic mass is 32.1. The zero-order chi connectivity index (χ0) is 11.4. The van der Waals surface area contributed by atoms with Gasteiger partial charge in [-0.15, -0.1) is 11.3 Å². The first-order valence-corrected chi connectivity index (χ1v) is 5.67. The highest BCUT2D eigenvalue weighted by Gasteiger charge is 2.12. The Balaban J connectivity index is 2.47. The average Bonchev–Trinajstić information content (AvgIpc) is 2.62. The van der Waals surface area contributed by atoms with Gasteiger partial charge in [0.1, 0.15) is 0 Å². The van der Waals surface area contributed by atoms with Crippen molar-refractivity contribution in [3.05, 3.63) is 16.1 Å². The predicted molar refractivity (Wildman–Crippen MR) is 58.1 cm³/mol. The summed E-state index contributed by atoms with van der Waals surface area (Å²) in [6.45, 7) is 5.92. The van der Waals surface area contributed by atoms with Gasteiger partial charge in [-0.3, -0.25) is 0 Å². The highest BCUT2D eigenvalue weighted by Crippen LogP contribution is 2.19. The number of nitrogens with zero attached hydrogens (tertiary/aromatic N) is 1. The van der Waals surface area contributed by atoms with Crippen molar-refractivity contribution in [2.45, 2.75) is 39.4 Å². The summed E-state index contributed by atoms with van der Waals surface area (Å²) in [6.07, 6.45) is -0.783. The van der Waals surface area contributed by atoms with Crippen molar-refractivity contribution in [3.8, 4) is 0 Å². The van der Waals surface area contributed by atoms with Crippen LogP contribution in [0.5, 0.6) is 0 Å². The lowest BCUT2D eigenvalue weighted by atomic mass is 10.2. The predicted octanol–water partition coefficient (Wildman–Crippen LogP) is 2.26. The molecule has 0 aromatic carbocycles. The fourth-order valence-electron chi connectivity index (χ4n) is 0.936. The normalized spacial score (nSPS) is 13.1. The lowest BCUT2D eigenvalue weighted by molar-refractivity contribution is -0.149. The third-order valence-electron chi connectivity index (χ3n) is 1.89. The Kier molecular flexibility index (Phi) is 4.23. The molecule has 0 aliphatic rings. The molecule has 0 saturated carbocycles. The molecule has 0 amide bonds. The molecule has 1 atom stereocenters. The van der Waals surface area contributed by atoms with Crippen LogP contribution >= 0.6 is 11.3 Å². The molecule has 1 aromatic rings. The highest BCUT2D eigenvalue weighted by molar-refractivity contribution is 7.09. The Hall–Kier alpha value is -0.940. The molecule has 0 bridgehead atoms. The van der Waals surface area contributed by atoms with Gasteiger partial charge in [-0.2, -0.15) is 0 Å². The molecule has 0 radical (unpaired) electrons. The minimum atomic E-state index is -0.950. The number of aliphatic carboxylic acids is 1. The van der Waals surface area contributed by atoms with Crippen LogP contribution in [0.4, 0.5) is 0 Å². The fraction of sp³-hybridized carbons (Fsp3) is 0.600. The molecule has 0 unspecified atom stereocenters. The van der Waals surface area contributed by atoms with Gasteiger partial charge in [-0.1, -0.05) is 13.8 Å². The van der Waals surface area contributed by atoms with Crippen molar-refractivity contribution in [2.75, 3.05) is 0 Å². The van der Waals surface area contributed by atoms with Crippen LogP contribution in [0, 0.1) is 0 Å². The summed E-state index contributed by atoms with van der Waals surface area (Å²) in [6, 6.07) is 0. The number of thiazole rings is 1. The summed E-state index contributed by atoms with van der Waals surface area (Å²) >= 11 is 1.58. The Morgan fingerprint density at radius 1 is 1.60 bits per heavy atom. The molecule has 4 nitrogen and oxygen atoms in total. The number of hydrogen-bond donors (Lipinski definition) is 1. The van der Waals surface area contributed by atoms with Crippen molar-refractivity contribution in [3.63, 3.8) is 0 Å². The van der Waals surface area contributed by atoms with Gasteiger partial charge in [0.05, 0.1) is 17.3 Å². The average molecular weight is 229 g/mol. The van der Waals surface area contributed by atoms with Gasteiger partial charge in [0.25, 0.3) is 0 Å². The third-order valence-corrected chi connectivity index (χ3v) is 3.09. The second-order valence-electron chi connectivity index (χ2n) is 3.62. The summed E-state index contributed by atoms with van der Waals surface area (Å²) in [7, 11) is 0. The van der Waals surface area contributed by atoms with Crippen LogP contribution in [0.2, 0.25) is 0 Å². The smallest absolute Gasteiger partial charge is 0.332 e. The van der Waals surface area contributed by atoms with Gasteiger partial charge in [-0.05, 0) is 6.92 Å². The maximum atomic E-state index is 10.5. The van der Waals surface area contributed by atoms with E-state index < -0.39 is 12.1 Å². The number of carbonyl (C=O) groups is 1. The maximum absolute atomic E-state index is 10.5. The molecule has 0 spiro atoms. The molecule has 0 aliphatic carbocycles. The van der Waals surface area contributed by atoms with Gasteiger partial charge < -0.3 is 9.84 Å². The standard InChI is InChI=1S/C10H15NO3S/c1-6(2)9-11-8(5-15-9)4-14-7(3)10(12)13/h5-7H,4H2,1-3H3,(H,12,13)/t7-/m0/s1. The summed E-state index contributed by atoms with van der Waals surface area (Å²) in [5, 5.41) is 11.6. The lowest BCUT2D eigenvalue weighted by Gasteiger charge is -2.05. The molecular weight excluding hydrogens is 214 g/mol. The first kappa shape index (κ1) is 12.1. The summed E-state index contributed by atoms with van der Waals surface area (Å²) < 4.78 is 5.13. The van der Waals surface area contributed by atoms with Crippen molar-refractivity contribution >= 4 is 17.3 Å². The maximum Gasteiger partial charge on any atom is 0.332 e. The quantitative estimate of drug-likeness (QED) is 0.841. The molecule has 0 aliphatic heterocycles.